The van der Waals surface area contributed by atoms with E-state index < -0.39 is 20.8 Å². The zero-order chi connectivity index (χ0) is 19.7. The molecule has 0 bridgehead atoms. The van der Waals surface area contributed by atoms with Gasteiger partial charge in [0.2, 0.25) is 0 Å². The molecule has 5 nitrogen and oxygen atoms in total. The number of unbranched alkanes of at least 4 members (excludes halogenated alkanes) is 6. The van der Waals surface area contributed by atoms with Gasteiger partial charge in [-0.05, 0) is 36.6 Å². The fraction of sp³-hybridized carbons (Fsp3) is 0.429. The third kappa shape index (κ3) is 7.76. The van der Waals surface area contributed by atoms with Crippen molar-refractivity contribution in [3.05, 3.63) is 48.0 Å². The van der Waals surface area contributed by atoms with Crippen LogP contribution in [0.25, 0.3) is 0 Å². The van der Waals surface area contributed by atoms with Crippen LogP contribution in [0.15, 0.2) is 47.4 Å². The largest absolute Gasteiger partial charge is 1.00 e. The second kappa shape index (κ2) is 12.5. The van der Waals surface area contributed by atoms with Gasteiger partial charge < -0.3 is 9.84 Å². The average Bonchev–Trinajstić information content (AvgIpc) is 2.63. The van der Waals surface area contributed by atoms with Crippen LogP contribution < -0.4 is 39.4 Å². The van der Waals surface area contributed by atoms with Crippen LogP contribution >= 0.6 is 0 Å². The zero-order valence-corrected chi connectivity index (χ0v) is 19.5. The summed E-state index contributed by atoms with van der Waals surface area (Å²) >= 11 is 0. The molecule has 1 N–H and O–H groups in total. The van der Waals surface area contributed by atoms with E-state index >= 15 is 0 Å². The Balaban J connectivity index is 0.00000392. The van der Waals surface area contributed by atoms with Crippen LogP contribution in [0, 0.1) is 0 Å². The molecule has 28 heavy (non-hydrogen) atoms. The Morgan fingerprint density at radius 3 is 2.14 bits per heavy atom. The molecule has 0 fully saturated rings. The Bertz CT molecular complexity index is 822. The summed E-state index contributed by atoms with van der Waals surface area (Å²) in [6.07, 6.45) is 7.70. The normalized spacial score (nSPS) is 11.1. The molecule has 0 unspecified atom stereocenters. The quantitative estimate of drug-likeness (QED) is 0.346. The van der Waals surface area contributed by atoms with Crippen LogP contribution in [0.3, 0.4) is 0 Å². The standard InChI is InChI=1S/C21H28O5S.Na/c1-2-3-4-5-6-7-11-14-18-19(22)15-16-20(21(18)27(23,24)25)26-17-12-9-8-10-13-17;/h8-10,12-13,15-16,22H,2-7,11,14H2,1H3,(H,23,24,25);/q;+1/p-1. The minimum atomic E-state index is -4.59. The average molecular weight is 414 g/mol. The van der Waals surface area contributed by atoms with Crippen LogP contribution in [0.1, 0.15) is 57.4 Å². The molecule has 0 radical (unpaired) electrons. The maximum Gasteiger partial charge on any atom is 1.00 e. The van der Waals surface area contributed by atoms with Crippen LogP contribution in [-0.4, -0.2) is 13.0 Å². The van der Waals surface area contributed by atoms with Gasteiger partial charge in [-0.3, -0.25) is 4.55 Å². The summed E-state index contributed by atoms with van der Waals surface area (Å²) in [4.78, 5) is -0.412. The summed E-state index contributed by atoms with van der Waals surface area (Å²) < 4.78 is 39.3. The van der Waals surface area contributed by atoms with Gasteiger partial charge in [0.05, 0.1) is 0 Å². The molecule has 2 rings (SSSR count). The molecule has 0 saturated heterocycles. The van der Waals surface area contributed by atoms with Gasteiger partial charge in [-0.2, -0.15) is 8.42 Å². The van der Waals surface area contributed by atoms with Crippen molar-refractivity contribution in [1.82, 2.24) is 0 Å². The van der Waals surface area contributed by atoms with E-state index in [9.17, 15) is 18.1 Å². The first-order chi connectivity index (χ1) is 12.9. The van der Waals surface area contributed by atoms with Crippen LogP contribution in [0.2, 0.25) is 0 Å². The topological polar surface area (TPSA) is 86.7 Å². The fourth-order valence-corrected chi connectivity index (χ4v) is 3.94. The first-order valence-electron chi connectivity index (χ1n) is 9.46. The van der Waals surface area contributed by atoms with Gasteiger partial charge in [0.25, 0.3) is 10.1 Å². The van der Waals surface area contributed by atoms with Crippen LogP contribution in [-0.2, 0) is 16.5 Å². The Morgan fingerprint density at radius 1 is 0.929 bits per heavy atom. The summed E-state index contributed by atoms with van der Waals surface area (Å²) in [5.74, 6) is 0.0122. The maximum absolute atomic E-state index is 12.3. The van der Waals surface area contributed by atoms with Crippen molar-refractivity contribution in [2.45, 2.75) is 63.2 Å². The van der Waals surface area contributed by atoms with E-state index in [-0.39, 0.29) is 40.9 Å². The van der Waals surface area contributed by atoms with Crippen LogP contribution in [0.4, 0.5) is 0 Å². The smallest absolute Gasteiger partial charge is 0.872 e. The van der Waals surface area contributed by atoms with Gasteiger partial charge in [0.1, 0.15) is 16.4 Å². The molecule has 0 amide bonds. The summed E-state index contributed by atoms with van der Waals surface area (Å²) in [5.41, 5.74) is 0.0967. The Hall–Kier alpha value is -1.05. The van der Waals surface area contributed by atoms with E-state index in [0.717, 1.165) is 19.3 Å². The van der Waals surface area contributed by atoms with E-state index in [2.05, 4.69) is 6.92 Å². The molecule has 0 heterocycles. The van der Waals surface area contributed by atoms with Gasteiger partial charge in [0.15, 0.2) is 0 Å². The van der Waals surface area contributed by atoms with Crippen molar-refractivity contribution < 1.29 is 52.4 Å². The molecular weight excluding hydrogens is 387 g/mol. The van der Waals surface area contributed by atoms with Gasteiger partial charge >= 0.3 is 29.6 Å². The van der Waals surface area contributed by atoms with Gasteiger partial charge in [0, 0.05) is 0 Å². The minimum Gasteiger partial charge on any atom is -0.872 e. The molecule has 2 aromatic rings. The number of para-hydroxylation sites is 1. The first-order valence-corrected chi connectivity index (χ1v) is 10.9. The van der Waals surface area contributed by atoms with Crippen molar-refractivity contribution in [3.63, 3.8) is 0 Å². The Labute approximate surface area is 190 Å². The second-order valence-electron chi connectivity index (χ2n) is 6.63. The van der Waals surface area contributed by atoms with Gasteiger partial charge in [-0.1, -0.05) is 69.7 Å². The van der Waals surface area contributed by atoms with E-state index in [1.165, 1.54) is 31.4 Å². The summed E-state index contributed by atoms with van der Waals surface area (Å²) in [6.45, 7) is 2.16. The second-order valence-corrected chi connectivity index (χ2v) is 7.99. The monoisotopic (exact) mass is 414 g/mol. The zero-order valence-electron chi connectivity index (χ0n) is 16.7. The third-order valence-electron chi connectivity index (χ3n) is 4.44. The summed E-state index contributed by atoms with van der Waals surface area (Å²) in [7, 11) is -4.59. The van der Waals surface area contributed by atoms with E-state index in [1.807, 2.05) is 6.07 Å². The first kappa shape index (κ1) is 25.0. The van der Waals surface area contributed by atoms with Crippen molar-refractivity contribution in [2.24, 2.45) is 0 Å². The SMILES string of the molecule is CCCCCCCCCc1c([O-])ccc(Oc2ccccc2)c1S(=O)(=O)O.[Na+]. The molecule has 0 aliphatic carbocycles. The molecule has 0 saturated carbocycles. The number of ether oxygens (including phenoxy) is 1. The van der Waals surface area contributed by atoms with Crippen molar-refractivity contribution in [2.75, 3.05) is 0 Å². The Kier molecular flexibility index (Phi) is 11.2. The van der Waals surface area contributed by atoms with Crippen LogP contribution in [0.5, 0.6) is 17.2 Å². The van der Waals surface area contributed by atoms with Crippen molar-refractivity contribution >= 4 is 10.1 Å². The Morgan fingerprint density at radius 2 is 1.54 bits per heavy atom. The van der Waals surface area contributed by atoms with E-state index in [0.29, 0.717) is 18.6 Å². The summed E-state index contributed by atoms with van der Waals surface area (Å²) in [6, 6.07) is 11.3. The number of hydrogen-bond acceptors (Lipinski definition) is 4. The van der Waals surface area contributed by atoms with E-state index in [1.54, 1.807) is 24.3 Å². The van der Waals surface area contributed by atoms with E-state index in [4.69, 9.17) is 4.74 Å². The molecule has 148 valence electrons. The predicted octanol–water partition coefficient (Wildman–Crippen LogP) is 2.10. The van der Waals surface area contributed by atoms with Gasteiger partial charge in [-0.15, -0.1) is 5.75 Å². The molecule has 0 atom stereocenters. The molecular formula is C21H27NaO5S. The molecule has 7 heteroatoms. The molecule has 0 aliphatic heterocycles. The molecule has 0 aromatic heterocycles. The predicted molar refractivity (Wildman–Crippen MR) is 104 cm³/mol. The number of hydrogen-bond donors (Lipinski definition) is 1. The van der Waals surface area contributed by atoms with Gasteiger partial charge in [-0.25, -0.2) is 0 Å². The third-order valence-corrected chi connectivity index (χ3v) is 5.40. The minimum absolute atomic E-state index is 0. The molecule has 0 aliphatic rings. The molecule has 2 aromatic carbocycles. The summed E-state index contributed by atoms with van der Waals surface area (Å²) in [5, 5.41) is 12.3. The van der Waals surface area contributed by atoms with Crippen molar-refractivity contribution in [1.29, 1.82) is 0 Å². The fourth-order valence-electron chi connectivity index (χ4n) is 3.06. The number of benzene rings is 2. The van der Waals surface area contributed by atoms with Crippen molar-refractivity contribution in [3.8, 4) is 17.2 Å². The maximum atomic E-state index is 12.3. The molecule has 0 spiro atoms. The number of rotatable bonds is 11.